The maximum absolute atomic E-state index is 12.5. The predicted octanol–water partition coefficient (Wildman–Crippen LogP) is 5.41. The van der Waals surface area contributed by atoms with E-state index in [1.54, 1.807) is 0 Å². The molecule has 5 heteroatoms. The summed E-state index contributed by atoms with van der Waals surface area (Å²) in [6, 6.07) is 16.3. The number of benzene rings is 1. The molecule has 3 aromatic rings. The molecule has 0 N–H and O–H groups in total. The zero-order valence-electron chi connectivity index (χ0n) is 17.3. The van der Waals surface area contributed by atoms with E-state index in [-0.39, 0.29) is 12.0 Å². The largest absolute Gasteiger partial charge is 0.444 e. The molecule has 1 saturated heterocycles. The zero-order chi connectivity index (χ0) is 20.4. The molecule has 0 spiro atoms. The Balaban J connectivity index is 1.59. The molecular weight excluding hydrogens is 362 g/mol. The molecule has 0 bridgehead atoms. The summed E-state index contributed by atoms with van der Waals surface area (Å²) in [6.45, 7) is 7.08. The highest BCUT2D eigenvalue weighted by molar-refractivity contribution is 5.93. The minimum Gasteiger partial charge on any atom is -0.444 e. The van der Waals surface area contributed by atoms with Crippen molar-refractivity contribution >= 4 is 17.0 Å². The van der Waals surface area contributed by atoms with Crippen LogP contribution < -0.4 is 0 Å². The number of nitrogens with zero attached hydrogens (tertiary/aromatic N) is 3. The lowest BCUT2D eigenvalue weighted by atomic mass is 9.94. The average molecular weight is 389 g/mol. The van der Waals surface area contributed by atoms with Crippen molar-refractivity contribution in [1.29, 1.82) is 0 Å². The molecule has 1 atom stereocenters. The first-order valence-electron chi connectivity index (χ1n) is 10.2. The third kappa shape index (κ3) is 4.39. The van der Waals surface area contributed by atoms with E-state index < -0.39 is 5.60 Å². The van der Waals surface area contributed by atoms with Crippen molar-refractivity contribution in [3.8, 4) is 11.3 Å². The number of rotatable bonds is 2. The Morgan fingerprint density at radius 2 is 1.93 bits per heavy atom. The summed E-state index contributed by atoms with van der Waals surface area (Å²) >= 11 is 0. The van der Waals surface area contributed by atoms with Crippen LogP contribution in [0.2, 0.25) is 0 Å². The third-order valence-electron chi connectivity index (χ3n) is 5.18. The van der Waals surface area contributed by atoms with Crippen molar-refractivity contribution in [3.05, 3.63) is 60.4 Å². The maximum Gasteiger partial charge on any atom is 0.410 e. The second-order valence-electron chi connectivity index (χ2n) is 8.59. The topological polar surface area (TPSA) is 55.3 Å². The Morgan fingerprint density at radius 1 is 1.10 bits per heavy atom. The fourth-order valence-corrected chi connectivity index (χ4v) is 3.87. The molecule has 0 saturated carbocycles. The van der Waals surface area contributed by atoms with E-state index in [4.69, 9.17) is 9.72 Å². The third-order valence-corrected chi connectivity index (χ3v) is 5.18. The van der Waals surface area contributed by atoms with Gasteiger partial charge in [0.25, 0.3) is 0 Å². The van der Waals surface area contributed by atoms with Crippen molar-refractivity contribution in [2.45, 2.75) is 45.1 Å². The van der Waals surface area contributed by atoms with Crippen molar-refractivity contribution in [3.63, 3.8) is 0 Å². The summed E-state index contributed by atoms with van der Waals surface area (Å²) in [6.07, 6.45) is 3.54. The second-order valence-corrected chi connectivity index (χ2v) is 8.59. The fourth-order valence-electron chi connectivity index (χ4n) is 3.87. The molecule has 1 unspecified atom stereocenters. The predicted molar refractivity (Wildman–Crippen MR) is 115 cm³/mol. The molecule has 5 nitrogen and oxygen atoms in total. The lowest BCUT2D eigenvalue weighted by molar-refractivity contribution is 0.0197. The molecule has 0 radical (unpaired) electrons. The standard InChI is InChI=1S/C24H27N3O2/c1-24(2,3)29-23(28)27-15-7-8-17(16-27)20-11-5-13-22(26-20)19-9-4-12-21-18(19)10-6-14-25-21/h4-6,9-14,17H,7-8,15-16H2,1-3H3. The molecule has 1 amide bonds. The number of ether oxygens (including phenoxy) is 1. The molecule has 1 fully saturated rings. The van der Waals surface area contributed by atoms with Crippen LogP contribution in [0.5, 0.6) is 0 Å². The molecule has 0 aliphatic carbocycles. The van der Waals surface area contributed by atoms with Crippen molar-refractivity contribution in [2.75, 3.05) is 13.1 Å². The van der Waals surface area contributed by atoms with Gasteiger partial charge >= 0.3 is 6.09 Å². The Bertz CT molecular complexity index is 1020. The lowest BCUT2D eigenvalue weighted by Crippen LogP contribution is -2.42. The number of aromatic nitrogens is 2. The van der Waals surface area contributed by atoms with Crippen molar-refractivity contribution in [2.24, 2.45) is 0 Å². The Hall–Kier alpha value is -2.95. The maximum atomic E-state index is 12.5. The number of piperidine rings is 1. The van der Waals surface area contributed by atoms with E-state index in [1.807, 2.05) is 56.1 Å². The fraction of sp³-hybridized carbons (Fsp3) is 0.375. The highest BCUT2D eigenvalue weighted by atomic mass is 16.6. The van der Waals surface area contributed by atoms with Gasteiger partial charge in [0, 0.05) is 41.8 Å². The van der Waals surface area contributed by atoms with Gasteiger partial charge in [0.2, 0.25) is 0 Å². The molecule has 150 valence electrons. The van der Waals surface area contributed by atoms with E-state index in [0.717, 1.165) is 47.2 Å². The number of hydrogen-bond donors (Lipinski definition) is 0. The number of carbonyl (C=O) groups is 1. The summed E-state index contributed by atoms with van der Waals surface area (Å²) in [5.41, 5.74) is 3.53. The number of likely N-dealkylation sites (tertiary alicyclic amines) is 1. The van der Waals surface area contributed by atoms with Crippen LogP contribution in [-0.2, 0) is 4.74 Å². The van der Waals surface area contributed by atoms with Gasteiger partial charge in [-0.3, -0.25) is 9.97 Å². The quantitative estimate of drug-likeness (QED) is 0.588. The summed E-state index contributed by atoms with van der Waals surface area (Å²) in [7, 11) is 0. The number of pyridine rings is 2. The van der Waals surface area contributed by atoms with E-state index in [2.05, 4.69) is 29.2 Å². The summed E-state index contributed by atoms with van der Waals surface area (Å²) in [5, 5.41) is 1.10. The van der Waals surface area contributed by atoms with Gasteiger partial charge in [-0.1, -0.05) is 24.3 Å². The first kappa shape index (κ1) is 19.4. The first-order valence-corrected chi connectivity index (χ1v) is 10.2. The lowest BCUT2D eigenvalue weighted by Gasteiger charge is -2.34. The van der Waals surface area contributed by atoms with E-state index >= 15 is 0 Å². The summed E-state index contributed by atoms with van der Waals surface area (Å²) in [4.78, 5) is 23.7. The molecule has 29 heavy (non-hydrogen) atoms. The van der Waals surface area contributed by atoms with Gasteiger partial charge in [-0.2, -0.15) is 0 Å². The van der Waals surface area contributed by atoms with Gasteiger partial charge in [0.15, 0.2) is 0 Å². The van der Waals surface area contributed by atoms with Crippen LogP contribution in [-0.4, -0.2) is 39.7 Å². The van der Waals surface area contributed by atoms with E-state index in [0.29, 0.717) is 6.54 Å². The van der Waals surface area contributed by atoms with Gasteiger partial charge in [-0.05, 0) is 57.9 Å². The van der Waals surface area contributed by atoms with Crippen LogP contribution in [0.3, 0.4) is 0 Å². The van der Waals surface area contributed by atoms with Crippen LogP contribution in [0.1, 0.15) is 45.2 Å². The van der Waals surface area contributed by atoms with Crippen LogP contribution in [0.15, 0.2) is 54.7 Å². The first-order chi connectivity index (χ1) is 13.9. The minimum absolute atomic E-state index is 0.212. The highest BCUT2D eigenvalue weighted by Crippen LogP contribution is 2.30. The van der Waals surface area contributed by atoms with Gasteiger partial charge < -0.3 is 9.64 Å². The van der Waals surface area contributed by atoms with Gasteiger partial charge in [-0.25, -0.2) is 4.79 Å². The molecular formula is C24H27N3O2. The second kappa shape index (κ2) is 7.82. The SMILES string of the molecule is CC(C)(C)OC(=O)N1CCCC(c2cccc(-c3cccc4ncccc34)n2)C1. The monoisotopic (exact) mass is 389 g/mol. The van der Waals surface area contributed by atoms with Crippen molar-refractivity contribution in [1.82, 2.24) is 14.9 Å². The number of fused-ring (bicyclic) bond motifs is 1. The molecule has 1 aromatic carbocycles. The minimum atomic E-state index is -0.482. The molecule has 1 aliphatic heterocycles. The van der Waals surface area contributed by atoms with Crippen LogP contribution >= 0.6 is 0 Å². The van der Waals surface area contributed by atoms with Crippen molar-refractivity contribution < 1.29 is 9.53 Å². The molecule has 1 aliphatic rings. The van der Waals surface area contributed by atoms with Gasteiger partial charge in [0.1, 0.15) is 5.60 Å². The number of hydrogen-bond acceptors (Lipinski definition) is 4. The van der Waals surface area contributed by atoms with Gasteiger partial charge in [-0.15, -0.1) is 0 Å². The van der Waals surface area contributed by atoms with Gasteiger partial charge in [0.05, 0.1) is 11.2 Å². The normalized spacial score (nSPS) is 17.3. The van der Waals surface area contributed by atoms with Crippen LogP contribution in [0, 0.1) is 0 Å². The summed E-state index contributed by atoms with van der Waals surface area (Å²) < 4.78 is 5.56. The molecule has 2 aromatic heterocycles. The van der Waals surface area contributed by atoms with E-state index in [1.165, 1.54) is 0 Å². The van der Waals surface area contributed by atoms with E-state index in [9.17, 15) is 4.79 Å². The summed E-state index contributed by atoms with van der Waals surface area (Å²) in [5.74, 6) is 0.212. The Labute approximate surface area is 171 Å². The van der Waals surface area contributed by atoms with Crippen LogP contribution in [0.25, 0.3) is 22.2 Å². The zero-order valence-corrected chi connectivity index (χ0v) is 17.3. The highest BCUT2D eigenvalue weighted by Gasteiger charge is 2.29. The average Bonchev–Trinajstić information content (AvgIpc) is 2.72. The number of amides is 1. The molecule has 4 rings (SSSR count). The van der Waals surface area contributed by atoms with Crippen LogP contribution in [0.4, 0.5) is 4.79 Å². The smallest absolute Gasteiger partial charge is 0.410 e. The molecule has 3 heterocycles. The Kier molecular flexibility index (Phi) is 5.22. The number of carbonyl (C=O) groups excluding carboxylic acids is 1. The Morgan fingerprint density at radius 3 is 2.76 bits per heavy atom.